The van der Waals surface area contributed by atoms with Gasteiger partial charge in [0.25, 0.3) is 0 Å². The van der Waals surface area contributed by atoms with Gasteiger partial charge in [-0.1, -0.05) is 20.3 Å². The molecule has 1 N–H and O–H groups in total. The summed E-state index contributed by atoms with van der Waals surface area (Å²) in [4.78, 5) is 0. The van der Waals surface area contributed by atoms with E-state index in [1.165, 1.54) is 0 Å². The molecule has 1 aliphatic rings. The van der Waals surface area contributed by atoms with Crippen LogP contribution in [0.1, 0.15) is 46.0 Å². The van der Waals surface area contributed by atoms with Crippen molar-refractivity contribution in [2.75, 3.05) is 12.8 Å². The van der Waals surface area contributed by atoms with E-state index in [4.69, 9.17) is 0 Å². The molecular weight excluding hydrogens is 222 g/mol. The first-order chi connectivity index (χ1) is 7.51. The zero-order valence-corrected chi connectivity index (χ0v) is 11.5. The van der Waals surface area contributed by atoms with Gasteiger partial charge in [0, 0.05) is 6.04 Å². The normalized spacial score (nSPS) is 31.6. The van der Waals surface area contributed by atoms with Crippen LogP contribution >= 0.6 is 0 Å². The topological polar surface area (TPSA) is 46.2 Å². The smallest absolute Gasteiger partial charge is 0.154 e. The van der Waals surface area contributed by atoms with E-state index >= 15 is 0 Å². The van der Waals surface area contributed by atoms with Crippen molar-refractivity contribution >= 4 is 9.84 Å². The van der Waals surface area contributed by atoms with E-state index in [0.29, 0.717) is 11.7 Å². The maximum absolute atomic E-state index is 12.2. The first-order valence-corrected chi connectivity index (χ1v) is 8.11. The third-order valence-electron chi connectivity index (χ3n) is 3.67. The van der Waals surface area contributed by atoms with Crippen LogP contribution in [0.5, 0.6) is 0 Å². The van der Waals surface area contributed by atoms with Gasteiger partial charge in [0.2, 0.25) is 0 Å². The Labute approximate surface area is 99.9 Å². The van der Waals surface area contributed by atoms with E-state index in [0.717, 1.165) is 32.1 Å². The van der Waals surface area contributed by atoms with Gasteiger partial charge in [0.15, 0.2) is 9.84 Å². The Bertz CT molecular complexity index is 300. The number of unbranched alkanes of at least 4 members (excludes halogenated alkanes) is 1. The van der Waals surface area contributed by atoms with Crippen LogP contribution in [-0.2, 0) is 9.84 Å². The van der Waals surface area contributed by atoms with Crippen LogP contribution in [0, 0.1) is 5.92 Å². The van der Waals surface area contributed by atoms with Crippen molar-refractivity contribution in [1.29, 1.82) is 0 Å². The second-order valence-electron chi connectivity index (χ2n) is 5.07. The van der Waals surface area contributed by atoms with E-state index < -0.39 is 9.84 Å². The lowest BCUT2D eigenvalue weighted by atomic mass is 9.87. The molecule has 1 fully saturated rings. The molecule has 3 unspecified atom stereocenters. The Morgan fingerprint density at radius 3 is 2.56 bits per heavy atom. The molecule has 0 aromatic rings. The fourth-order valence-electron chi connectivity index (χ4n) is 2.55. The van der Waals surface area contributed by atoms with E-state index in [9.17, 15) is 8.42 Å². The average Bonchev–Trinajstić information content (AvgIpc) is 2.26. The molecule has 0 heterocycles. The van der Waals surface area contributed by atoms with Gasteiger partial charge in [0.05, 0.1) is 11.0 Å². The van der Waals surface area contributed by atoms with Crippen molar-refractivity contribution in [2.45, 2.75) is 57.2 Å². The SMILES string of the molecule is CCCCS(=O)(=O)C1CC(C)CCC1NC. The van der Waals surface area contributed by atoms with Gasteiger partial charge in [-0.25, -0.2) is 8.42 Å². The molecule has 0 aromatic heterocycles. The molecule has 16 heavy (non-hydrogen) atoms. The van der Waals surface area contributed by atoms with Crippen LogP contribution in [0.25, 0.3) is 0 Å². The molecule has 96 valence electrons. The highest BCUT2D eigenvalue weighted by atomic mass is 32.2. The number of hydrogen-bond donors (Lipinski definition) is 1. The highest BCUT2D eigenvalue weighted by Crippen LogP contribution is 2.29. The Hall–Kier alpha value is -0.0900. The zero-order valence-electron chi connectivity index (χ0n) is 10.7. The minimum absolute atomic E-state index is 0.159. The third-order valence-corrected chi connectivity index (χ3v) is 5.97. The summed E-state index contributed by atoms with van der Waals surface area (Å²) in [6, 6.07) is 0.165. The lowest BCUT2D eigenvalue weighted by molar-refractivity contribution is 0.319. The van der Waals surface area contributed by atoms with Gasteiger partial charge < -0.3 is 5.32 Å². The minimum Gasteiger partial charge on any atom is -0.316 e. The quantitative estimate of drug-likeness (QED) is 0.808. The molecule has 0 aromatic carbocycles. The van der Waals surface area contributed by atoms with E-state index in [-0.39, 0.29) is 11.3 Å². The summed E-state index contributed by atoms with van der Waals surface area (Å²) in [6.07, 6.45) is 4.71. The predicted molar refractivity (Wildman–Crippen MR) is 68.3 cm³/mol. The number of nitrogens with one attached hydrogen (secondary N) is 1. The Morgan fingerprint density at radius 2 is 2.00 bits per heavy atom. The molecule has 0 amide bonds. The molecule has 0 spiro atoms. The number of hydrogen-bond acceptors (Lipinski definition) is 3. The molecule has 0 aliphatic heterocycles. The fraction of sp³-hybridized carbons (Fsp3) is 1.00. The molecule has 1 aliphatic carbocycles. The van der Waals surface area contributed by atoms with Crippen molar-refractivity contribution < 1.29 is 8.42 Å². The highest BCUT2D eigenvalue weighted by Gasteiger charge is 2.36. The summed E-state index contributed by atoms with van der Waals surface area (Å²) in [5.74, 6) is 0.907. The summed E-state index contributed by atoms with van der Waals surface area (Å²) in [5, 5.41) is 3.02. The second-order valence-corrected chi connectivity index (χ2v) is 7.41. The van der Waals surface area contributed by atoms with Crippen molar-refractivity contribution in [2.24, 2.45) is 5.92 Å². The van der Waals surface area contributed by atoms with Gasteiger partial charge in [-0.2, -0.15) is 0 Å². The monoisotopic (exact) mass is 247 g/mol. The summed E-state index contributed by atoms with van der Waals surface area (Å²) in [6.45, 7) is 4.20. The summed E-state index contributed by atoms with van der Waals surface area (Å²) in [5.41, 5.74) is 0. The predicted octanol–water partition coefficient (Wildman–Crippen LogP) is 1.98. The minimum atomic E-state index is -2.90. The first kappa shape index (κ1) is 14.0. The Kier molecular flexibility index (Phi) is 5.25. The lowest BCUT2D eigenvalue weighted by Gasteiger charge is -2.34. The van der Waals surface area contributed by atoms with Crippen LogP contribution in [0.4, 0.5) is 0 Å². The fourth-order valence-corrected chi connectivity index (χ4v) is 4.94. The average molecular weight is 247 g/mol. The summed E-state index contributed by atoms with van der Waals surface area (Å²) >= 11 is 0. The van der Waals surface area contributed by atoms with Crippen molar-refractivity contribution in [3.05, 3.63) is 0 Å². The molecule has 3 atom stereocenters. The maximum Gasteiger partial charge on any atom is 0.154 e. The number of rotatable bonds is 5. The van der Waals surface area contributed by atoms with Crippen molar-refractivity contribution in [1.82, 2.24) is 5.32 Å². The van der Waals surface area contributed by atoms with E-state index in [1.54, 1.807) is 0 Å². The van der Waals surface area contributed by atoms with Crippen LogP contribution in [0.2, 0.25) is 0 Å². The van der Waals surface area contributed by atoms with Gasteiger partial charge in [-0.15, -0.1) is 0 Å². The van der Waals surface area contributed by atoms with E-state index in [1.807, 2.05) is 14.0 Å². The first-order valence-electron chi connectivity index (χ1n) is 6.40. The molecule has 0 bridgehead atoms. The van der Waals surface area contributed by atoms with Gasteiger partial charge in [-0.05, 0) is 38.6 Å². The standard InChI is InChI=1S/C12H25NO2S/c1-4-5-8-16(14,15)12-9-10(2)6-7-11(12)13-3/h10-13H,4-9H2,1-3H3. The molecule has 4 heteroatoms. The lowest BCUT2D eigenvalue weighted by Crippen LogP contribution is -2.47. The third kappa shape index (κ3) is 3.45. The van der Waals surface area contributed by atoms with E-state index in [2.05, 4.69) is 12.2 Å². The summed E-state index contributed by atoms with van der Waals surface area (Å²) in [7, 11) is -1.02. The molecule has 3 nitrogen and oxygen atoms in total. The molecule has 0 saturated heterocycles. The molecule has 1 rings (SSSR count). The Balaban J connectivity index is 2.73. The summed E-state index contributed by atoms with van der Waals surface area (Å²) < 4.78 is 24.4. The van der Waals surface area contributed by atoms with Gasteiger partial charge in [-0.3, -0.25) is 0 Å². The molecule has 1 saturated carbocycles. The van der Waals surface area contributed by atoms with Gasteiger partial charge >= 0.3 is 0 Å². The zero-order chi connectivity index (χ0) is 12.2. The molecular formula is C12H25NO2S. The van der Waals surface area contributed by atoms with Crippen LogP contribution in [-0.4, -0.2) is 32.5 Å². The van der Waals surface area contributed by atoms with Crippen LogP contribution in [0.3, 0.4) is 0 Å². The largest absolute Gasteiger partial charge is 0.316 e. The Morgan fingerprint density at radius 1 is 1.31 bits per heavy atom. The highest BCUT2D eigenvalue weighted by molar-refractivity contribution is 7.92. The second kappa shape index (κ2) is 6.01. The van der Waals surface area contributed by atoms with Crippen LogP contribution < -0.4 is 5.32 Å². The van der Waals surface area contributed by atoms with Crippen molar-refractivity contribution in [3.63, 3.8) is 0 Å². The van der Waals surface area contributed by atoms with Crippen molar-refractivity contribution in [3.8, 4) is 0 Å². The maximum atomic E-state index is 12.2. The number of sulfone groups is 1. The van der Waals surface area contributed by atoms with Gasteiger partial charge in [0.1, 0.15) is 0 Å². The molecule has 0 radical (unpaired) electrons. The van der Waals surface area contributed by atoms with Crippen LogP contribution in [0.15, 0.2) is 0 Å².